The van der Waals surface area contributed by atoms with E-state index in [-0.39, 0.29) is 11.6 Å². The molecule has 1 aliphatic heterocycles. The number of urea groups is 1. The molecular formula is C16H13N3O2. The third-order valence-electron chi connectivity index (χ3n) is 3.19. The molecule has 3 rings (SSSR count). The van der Waals surface area contributed by atoms with Crippen LogP contribution in [-0.4, -0.2) is 16.9 Å². The van der Waals surface area contributed by atoms with Gasteiger partial charge in [-0.1, -0.05) is 17.7 Å². The summed E-state index contributed by atoms with van der Waals surface area (Å²) in [4.78, 5) is 29.4. The average molecular weight is 279 g/mol. The molecule has 3 amide bonds. The summed E-state index contributed by atoms with van der Waals surface area (Å²) in [6, 6.07) is 10.3. The van der Waals surface area contributed by atoms with Gasteiger partial charge in [0.25, 0.3) is 5.91 Å². The number of hydrogen-bond donors (Lipinski definition) is 1. The van der Waals surface area contributed by atoms with Crippen LogP contribution in [0.3, 0.4) is 0 Å². The number of carbonyl (C=O) groups is 2. The van der Waals surface area contributed by atoms with E-state index in [9.17, 15) is 9.59 Å². The Labute approximate surface area is 121 Å². The normalized spacial score (nSPS) is 16.4. The van der Waals surface area contributed by atoms with Gasteiger partial charge in [-0.2, -0.15) is 0 Å². The highest BCUT2D eigenvalue weighted by Gasteiger charge is 2.34. The van der Waals surface area contributed by atoms with Crippen LogP contribution in [0.2, 0.25) is 0 Å². The summed E-state index contributed by atoms with van der Waals surface area (Å²) >= 11 is 0. The molecule has 2 heterocycles. The van der Waals surface area contributed by atoms with Crippen molar-refractivity contribution in [2.24, 2.45) is 0 Å². The molecule has 104 valence electrons. The van der Waals surface area contributed by atoms with Gasteiger partial charge in [-0.15, -0.1) is 0 Å². The highest BCUT2D eigenvalue weighted by Crippen LogP contribution is 2.22. The van der Waals surface area contributed by atoms with Crippen molar-refractivity contribution in [3.8, 4) is 0 Å². The first kappa shape index (κ1) is 13.1. The molecular weight excluding hydrogens is 266 g/mol. The summed E-state index contributed by atoms with van der Waals surface area (Å²) in [6.07, 6.45) is 4.90. The first-order valence-corrected chi connectivity index (χ1v) is 6.49. The Morgan fingerprint density at radius 2 is 1.71 bits per heavy atom. The van der Waals surface area contributed by atoms with Crippen molar-refractivity contribution in [1.82, 2.24) is 10.3 Å². The molecule has 0 saturated carbocycles. The van der Waals surface area contributed by atoms with Gasteiger partial charge in [0.2, 0.25) is 0 Å². The minimum atomic E-state index is -0.441. The summed E-state index contributed by atoms with van der Waals surface area (Å²) in [5, 5.41) is 2.59. The largest absolute Gasteiger partial charge is 0.333 e. The van der Waals surface area contributed by atoms with Crippen LogP contribution in [0.4, 0.5) is 10.5 Å². The number of aryl methyl sites for hydroxylation is 1. The lowest BCUT2D eigenvalue weighted by Crippen LogP contribution is -2.30. The van der Waals surface area contributed by atoms with Crippen LogP contribution in [0.25, 0.3) is 6.08 Å². The molecule has 0 unspecified atom stereocenters. The van der Waals surface area contributed by atoms with E-state index in [1.54, 1.807) is 42.7 Å². The van der Waals surface area contributed by atoms with E-state index in [1.807, 2.05) is 19.1 Å². The van der Waals surface area contributed by atoms with Crippen LogP contribution in [0.5, 0.6) is 0 Å². The minimum Gasteiger partial charge on any atom is -0.302 e. The zero-order valence-corrected chi connectivity index (χ0v) is 11.4. The van der Waals surface area contributed by atoms with Crippen LogP contribution in [0, 0.1) is 6.92 Å². The summed E-state index contributed by atoms with van der Waals surface area (Å²) in [5.74, 6) is -0.360. The lowest BCUT2D eigenvalue weighted by atomic mass is 10.2. The molecule has 0 bridgehead atoms. The number of carbonyl (C=O) groups excluding carboxylic acids is 2. The predicted molar refractivity (Wildman–Crippen MR) is 79.4 cm³/mol. The maximum atomic E-state index is 12.4. The Morgan fingerprint density at radius 1 is 1.05 bits per heavy atom. The Balaban J connectivity index is 1.92. The van der Waals surface area contributed by atoms with Gasteiger partial charge < -0.3 is 5.32 Å². The Morgan fingerprint density at radius 3 is 2.38 bits per heavy atom. The van der Waals surface area contributed by atoms with Gasteiger partial charge in [0.15, 0.2) is 0 Å². The zero-order valence-electron chi connectivity index (χ0n) is 11.4. The third-order valence-corrected chi connectivity index (χ3v) is 3.19. The van der Waals surface area contributed by atoms with Crippen molar-refractivity contribution < 1.29 is 9.59 Å². The molecule has 0 atom stereocenters. The molecule has 0 spiro atoms. The fourth-order valence-corrected chi connectivity index (χ4v) is 2.09. The lowest BCUT2D eigenvalue weighted by molar-refractivity contribution is -0.113. The quantitative estimate of drug-likeness (QED) is 0.678. The van der Waals surface area contributed by atoms with Gasteiger partial charge in [-0.25, -0.2) is 9.69 Å². The molecule has 21 heavy (non-hydrogen) atoms. The van der Waals surface area contributed by atoms with E-state index in [4.69, 9.17) is 0 Å². The Bertz CT molecular complexity index is 721. The SMILES string of the molecule is Cc1ccc(N2C(=O)N/C(=C\c3ccncc3)C2=O)cc1. The minimum absolute atomic E-state index is 0.256. The molecule has 5 heteroatoms. The molecule has 1 aliphatic rings. The van der Waals surface area contributed by atoms with Gasteiger partial charge in [-0.05, 0) is 42.8 Å². The van der Waals surface area contributed by atoms with Gasteiger partial charge in [0, 0.05) is 12.4 Å². The fourth-order valence-electron chi connectivity index (χ4n) is 2.09. The second-order valence-corrected chi connectivity index (χ2v) is 4.74. The van der Waals surface area contributed by atoms with Crippen LogP contribution >= 0.6 is 0 Å². The molecule has 5 nitrogen and oxygen atoms in total. The molecule has 0 radical (unpaired) electrons. The van der Waals surface area contributed by atoms with Crippen molar-refractivity contribution in [3.63, 3.8) is 0 Å². The summed E-state index contributed by atoms with van der Waals surface area (Å²) < 4.78 is 0. The molecule has 0 aliphatic carbocycles. The third kappa shape index (κ3) is 2.53. The van der Waals surface area contributed by atoms with Crippen molar-refractivity contribution in [2.45, 2.75) is 6.92 Å². The molecule has 1 fully saturated rings. The van der Waals surface area contributed by atoms with Gasteiger partial charge in [-0.3, -0.25) is 9.78 Å². The van der Waals surface area contributed by atoms with Crippen LogP contribution in [-0.2, 0) is 4.79 Å². The van der Waals surface area contributed by atoms with Crippen LogP contribution in [0.15, 0.2) is 54.5 Å². The summed E-state index contributed by atoms with van der Waals surface area (Å²) in [7, 11) is 0. The van der Waals surface area contributed by atoms with E-state index < -0.39 is 6.03 Å². The van der Waals surface area contributed by atoms with Gasteiger partial charge in [0.1, 0.15) is 5.70 Å². The van der Waals surface area contributed by atoms with Crippen molar-refractivity contribution >= 4 is 23.7 Å². The first-order valence-electron chi connectivity index (χ1n) is 6.49. The van der Waals surface area contributed by atoms with E-state index in [1.165, 1.54) is 0 Å². The number of nitrogens with zero attached hydrogens (tertiary/aromatic N) is 2. The molecule has 1 N–H and O–H groups in total. The van der Waals surface area contributed by atoms with Crippen molar-refractivity contribution in [1.29, 1.82) is 0 Å². The number of aromatic nitrogens is 1. The van der Waals surface area contributed by atoms with Gasteiger partial charge >= 0.3 is 6.03 Å². The standard InChI is InChI=1S/C16H13N3O2/c1-11-2-4-13(5-3-11)19-15(20)14(18-16(19)21)10-12-6-8-17-9-7-12/h2-10H,1H3,(H,18,21)/b14-10-. The van der Waals surface area contributed by atoms with Crippen LogP contribution < -0.4 is 10.2 Å². The Hall–Kier alpha value is -2.95. The number of benzene rings is 1. The topological polar surface area (TPSA) is 62.3 Å². The average Bonchev–Trinajstić information content (AvgIpc) is 2.76. The molecule has 1 aromatic heterocycles. The second-order valence-electron chi connectivity index (χ2n) is 4.74. The number of anilines is 1. The number of rotatable bonds is 2. The van der Waals surface area contributed by atoms with E-state index in [2.05, 4.69) is 10.3 Å². The maximum absolute atomic E-state index is 12.4. The second kappa shape index (κ2) is 5.20. The first-order chi connectivity index (χ1) is 10.1. The summed E-state index contributed by atoms with van der Waals surface area (Å²) in [6.45, 7) is 1.95. The van der Waals surface area contributed by atoms with Crippen molar-refractivity contribution in [3.05, 3.63) is 65.6 Å². The monoisotopic (exact) mass is 279 g/mol. The van der Waals surface area contributed by atoms with Crippen molar-refractivity contribution in [2.75, 3.05) is 4.90 Å². The number of imide groups is 1. The predicted octanol–water partition coefficient (Wildman–Crippen LogP) is 2.49. The maximum Gasteiger partial charge on any atom is 0.333 e. The number of amides is 3. The van der Waals surface area contributed by atoms with Crippen LogP contribution in [0.1, 0.15) is 11.1 Å². The van der Waals surface area contributed by atoms with E-state index >= 15 is 0 Å². The Kier molecular flexibility index (Phi) is 3.23. The smallest absolute Gasteiger partial charge is 0.302 e. The fraction of sp³-hybridized carbons (Fsp3) is 0.0625. The highest BCUT2D eigenvalue weighted by molar-refractivity contribution is 6.28. The highest BCUT2D eigenvalue weighted by atomic mass is 16.2. The van der Waals surface area contributed by atoms with E-state index in [0.717, 1.165) is 16.0 Å². The molecule has 2 aromatic rings. The zero-order chi connectivity index (χ0) is 14.8. The van der Waals surface area contributed by atoms with Gasteiger partial charge in [0.05, 0.1) is 5.69 Å². The summed E-state index contributed by atoms with van der Waals surface area (Å²) in [5.41, 5.74) is 2.69. The van der Waals surface area contributed by atoms with E-state index in [0.29, 0.717) is 5.69 Å². The molecule has 1 saturated heterocycles. The number of pyridine rings is 1. The molecule has 1 aromatic carbocycles. The number of hydrogen-bond acceptors (Lipinski definition) is 3. The number of nitrogens with one attached hydrogen (secondary N) is 1. The lowest BCUT2D eigenvalue weighted by Gasteiger charge is -2.11.